The number of carboxylic acids is 1. The standard InChI is InChI=1S/C11H14N2O4.ClH/c12-6-9(10(14)15)13-11(16)17-7-8-4-2-1-3-5-8;/h1-5,9H,6-7,12H2,(H,13,16)(H,14,15);1H. The number of ether oxygens (including phenoxy) is 1. The Hall–Kier alpha value is -1.79. The van der Waals surface area contributed by atoms with Gasteiger partial charge in [0.1, 0.15) is 12.6 Å². The number of carboxylic acid groups (broad SMARTS) is 1. The van der Waals surface area contributed by atoms with Crippen molar-refractivity contribution in [2.24, 2.45) is 5.73 Å². The second-order valence-corrected chi connectivity index (χ2v) is 3.33. The fourth-order valence-electron chi connectivity index (χ4n) is 1.13. The molecule has 1 amide bonds. The average Bonchev–Trinajstić information content (AvgIpc) is 2.34. The van der Waals surface area contributed by atoms with E-state index < -0.39 is 18.1 Å². The first kappa shape index (κ1) is 16.2. The number of aliphatic carboxylic acids is 1. The molecule has 0 fully saturated rings. The number of hydrogen-bond acceptors (Lipinski definition) is 4. The summed E-state index contributed by atoms with van der Waals surface area (Å²) in [5.74, 6) is -1.19. The second kappa shape index (κ2) is 8.32. The van der Waals surface area contributed by atoms with Crippen molar-refractivity contribution in [3.8, 4) is 0 Å². The molecule has 0 aliphatic carbocycles. The van der Waals surface area contributed by atoms with E-state index in [1.54, 1.807) is 12.1 Å². The third kappa shape index (κ3) is 5.51. The Kier molecular flexibility index (Phi) is 7.50. The summed E-state index contributed by atoms with van der Waals surface area (Å²) in [4.78, 5) is 21.8. The van der Waals surface area contributed by atoms with Gasteiger partial charge in [-0.2, -0.15) is 0 Å². The summed E-state index contributed by atoms with van der Waals surface area (Å²) in [6.07, 6.45) is -0.799. The number of amides is 1. The minimum atomic E-state index is -1.19. The van der Waals surface area contributed by atoms with Gasteiger partial charge >= 0.3 is 12.1 Å². The van der Waals surface area contributed by atoms with Crippen molar-refractivity contribution in [1.82, 2.24) is 5.32 Å². The topological polar surface area (TPSA) is 102 Å². The van der Waals surface area contributed by atoms with Gasteiger partial charge in [-0.1, -0.05) is 30.3 Å². The number of alkyl carbamates (subject to hydrolysis) is 1. The molecule has 0 aliphatic rings. The van der Waals surface area contributed by atoms with Gasteiger partial charge in [0.15, 0.2) is 0 Å². The monoisotopic (exact) mass is 274 g/mol. The maximum atomic E-state index is 11.2. The van der Waals surface area contributed by atoms with Crippen LogP contribution < -0.4 is 11.1 Å². The summed E-state index contributed by atoms with van der Waals surface area (Å²) < 4.78 is 4.84. The summed E-state index contributed by atoms with van der Waals surface area (Å²) >= 11 is 0. The van der Waals surface area contributed by atoms with Crippen LogP contribution in [0.15, 0.2) is 30.3 Å². The Bertz CT molecular complexity index is 386. The fourth-order valence-corrected chi connectivity index (χ4v) is 1.13. The van der Waals surface area contributed by atoms with Crippen molar-refractivity contribution in [3.63, 3.8) is 0 Å². The molecule has 0 spiro atoms. The van der Waals surface area contributed by atoms with E-state index in [1.165, 1.54) is 0 Å². The lowest BCUT2D eigenvalue weighted by Gasteiger charge is -2.12. The Balaban J connectivity index is 0.00000289. The zero-order valence-electron chi connectivity index (χ0n) is 9.54. The maximum absolute atomic E-state index is 11.2. The first-order chi connectivity index (χ1) is 8.13. The van der Waals surface area contributed by atoms with Crippen LogP contribution in [0.25, 0.3) is 0 Å². The molecule has 0 saturated heterocycles. The summed E-state index contributed by atoms with van der Waals surface area (Å²) in [6.45, 7) is -0.0979. The molecule has 18 heavy (non-hydrogen) atoms. The number of halogens is 1. The normalized spacial score (nSPS) is 10.9. The lowest BCUT2D eigenvalue weighted by molar-refractivity contribution is -0.139. The van der Waals surface area contributed by atoms with Crippen molar-refractivity contribution in [1.29, 1.82) is 0 Å². The number of benzene rings is 1. The highest BCUT2D eigenvalue weighted by Gasteiger charge is 2.18. The predicted molar refractivity (Wildman–Crippen MR) is 67.5 cm³/mol. The molecule has 0 aliphatic heterocycles. The predicted octanol–water partition coefficient (Wildman–Crippen LogP) is 0.746. The first-order valence-electron chi connectivity index (χ1n) is 5.03. The SMILES string of the molecule is Cl.NCC(NC(=O)OCc1ccccc1)C(=O)O. The molecule has 0 heterocycles. The number of carbonyl (C=O) groups excluding carboxylic acids is 1. The van der Waals surface area contributed by atoms with Crippen molar-refractivity contribution in [2.75, 3.05) is 6.54 Å². The van der Waals surface area contributed by atoms with Crippen LogP contribution in [0.1, 0.15) is 5.56 Å². The van der Waals surface area contributed by atoms with E-state index in [9.17, 15) is 9.59 Å². The lowest BCUT2D eigenvalue weighted by atomic mass is 10.2. The molecule has 7 heteroatoms. The van der Waals surface area contributed by atoms with Crippen LogP contribution in [0.2, 0.25) is 0 Å². The zero-order valence-corrected chi connectivity index (χ0v) is 10.4. The summed E-state index contributed by atoms with van der Waals surface area (Å²) in [5, 5.41) is 10.8. The molecule has 1 unspecified atom stereocenters. The minimum Gasteiger partial charge on any atom is -0.480 e. The van der Waals surface area contributed by atoms with E-state index in [1.807, 2.05) is 18.2 Å². The molecule has 1 aromatic rings. The van der Waals surface area contributed by atoms with Crippen LogP contribution in [0.3, 0.4) is 0 Å². The van der Waals surface area contributed by atoms with Crippen LogP contribution in [0.5, 0.6) is 0 Å². The number of nitrogens with one attached hydrogen (secondary N) is 1. The summed E-state index contributed by atoms with van der Waals surface area (Å²) in [5.41, 5.74) is 6.00. The van der Waals surface area contributed by atoms with Crippen molar-refractivity contribution in [2.45, 2.75) is 12.6 Å². The van der Waals surface area contributed by atoms with Crippen LogP contribution in [-0.2, 0) is 16.1 Å². The van der Waals surface area contributed by atoms with Crippen molar-refractivity contribution in [3.05, 3.63) is 35.9 Å². The van der Waals surface area contributed by atoms with Gasteiger partial charge in [0.25, 0.3) is 0 Å². The molecule has 100 valence electrons. The Morgan fingerprint density at radius 3 is 2.44 bits per heavy atom. The number of nitrogens with two attached hydrogens (primary N) is 1. The molecular formula is C11H15ClN2O4. The van der Waals surface area contributed by atoms with Gasteiger partial charge in [-0.15, -0.1) is 12.4 Å². The van der Waals surface area contributed by atoms with E-state index in [2.05, 4.69) is 5.32 Å². The van der Waals surface area contributed by atoms with E-state index in [0.717, 1.165) is 5.56 Å². The van der Waals surface area contributed by atoms with Gasteiger partial charge < -0.3 is 20.9 Å². The van der Waals surface area contributed by atoms with Crippen molar-refractivity contribution >= 4 is 24.5 Å². The molecule has 1 rings (SSSR count). The zero-order chi connectivity index (χ0) is 12.7. The van der Waals surface area contributed by atoms with Crippen LogP contribution in [0.4, 0.5) is 4.79 Å². The molecule has 0 bridgehead atoms. The largest absolute Gasteiger partial charge is 0.480 e. The maximum Gasteiger partial charge on any atom is 0.408 e. The van der Waals surface area contributed by atoms with Crippen LogP contribution in [0, 0.1) is 0 Å². The summed E-state index contributed by atoms with van der Waals surface area (Å²) in [7, 11) is 0. The summed E-state index contributed by atoms with van der Waals surface area (Å²) in [6, 6.07) is 7.94. The Morgan fingerprint density at radius 1 is 1.33 bits per heavy atom. The van der Waals surface area contributed by atoms with Gasteiger partial charge in [0.05, 0.1) is 0 Å². The van der Waals surface area contributed by atoms with Gasteiger partial charge in [0, 0.05) is 6.54 Å². The van der Waals surface area contributed by atoms with Gasteiger partial charge in [-0.3, -0.25) is 0 Å². The smallest absolute Gasteiger partial charge is 0.408 e. The molecule has 0 aromatic heterocycles. The van der Waals surface area contributed by atoms with E-state index in [0.29, 0.717) is 0 Å². The third-order valence-electron chi connectivity index (χ3n) is 2.04. The molecule has 1 atom stereocenters. The first-order valence-corrected chi connectivity index (χ1v) is 5.03. The van der Waals surface area contributed by atoms with Crippen molar-refractivity contribution < 1.29 is 19.4 Å². The van der Waals surface area contributed by atoms with Gasteiger partial charge in [0.2, 0.25) is 0 Å². The molecule has 6 nitrogen and oxygen atoms in total. The molecule has 0 radical (unpaired) electrons. The Morgan fingerprint density at radius 2 is 1.94 bits per heavy atom. The van der Waals surface area contributed by atoms with E-state index >= 15 is 0 Å². The van der Waals surface area contributed by atoms with Gasteiger partial charge in [-0.05, 0) is 5.56 Å². The van der Waals surface area contributed by atoms with E-state index in [-0.39, 0.29) is 25.6 Å². The molecular weight excluding hydrogens is 260 g/mol. The lowest BCUT2D eigenvalue weighted by Crippen LogP contribution is -2.45. The Labute approximate surface area is 111 Å². The number of carbonyl (C=O) groups is 2. The van der Waals surface area contributed by atoms with Crippen LogP contribution in [-0.4, -0.2) is 29.8 Å². The quantitative estimate of drug-likeness (QED) is 0.735. The van der Waals surface area contributed by atoms with Gasteiger partial charge in [-0.25, -0.2) is 9.59 Å². The minimum absolute atomic E-state index is 0. The fraction of sp³-hybridized carbons (Fsp3) is 0.273. The number of rotatable bonds is 5. The molecule has 1 aromatic carbocycles. The highest BCUT2D eigenvalue weighted by atomic mass is 35.5. The average molecular weight is 275 g/mol. The van der Waals surface area contributed by atoms with E-state index in [4.69, 9.17) is 15.6 Å². The number of hydrogen-bond donors (Lipinski definition) is 3. The highest BCUT2D eigenvalue weighted by Crippen LogP contribution is 2.00. The second-order valence-electron chi connectivity index (χ2n) is 3.33. The molecule has 4 N–H and O–H groups in total. The highest BCUT2D eigenvalue weighted by molar-refractivity contribution is 5.85. The van der Waals surface area contributed by atoms with Crippen LogP contribution >= 0.6 is 12.4 Å². The molecule has 0 saturated carbocycles. The third-order valence-corrected chi connectivity index (χ3v) is 2.04.